The highest BCUT2D eigenvalue weighted by Gasteiger charge is 2.23. The molecule has 3 atom stereocenters. The predicted octanol–water partition coefficient (Wildman–Crippen LogP) is 2.14. The molecule has 1 aliphatic rings. The van der Waals surface area contributed by atoms with Crippen LogP contribution in [0.15, 0.2) is 0 Å². The average molecular weight is 198 g/mol. The molecule has 84 valence electrons. The molecule has 3 N–H and O–H groups in total. The molecule has 1 heterocycles. The van der Waals surface area contributed by atoms with Crippen molar-refractivity contribution in [1.29, 1.82) is 0 Å². The molecule has 0 aromatic rings. The summed E-state index contributed by atoms with van der Waals surface area (Å²) < 4.78 is 0. The van der Waals surface area contributed by atoms with E-state index in [1.54, 1.807) is 0 Å². The molecule has 0 aromatic heterocycles. The minimum atomic E-state index is 0.697. The molecule has 0 aliphatic carbocycles. The van der Waals surface area contributed by atoms with Crippen LogP contribution in [0.3, 0.4) is 0 Å². The molecule has 0 aromatic carbocycles. The lowest BCUT2D eigenvalue weighted by atomic mass is 9.85. The van der Waals surface area contributed by atoms with E-state index in [0.29, 0.717) is 12.0 Å². The van der Waals surface area contributed by atoms with Gasteiger partial charge in [0.15, 0.2) is 0 Å². The first kappa shape index (κ1) is 12.0. The largest absolute Gasteiger partial charge is 0.330 e. The number of hydrogen-bond acceptors (Lipinski definition) is 2. The number of nitrogens with two attached hydrogens (primary N) is 1. The van der Waals surface area contributed by atoms with Crippen LogP contribution in [0.2, 0.25) is 0 Å². The lowest BCUT2D eigenvalue weighted by molar-refractivity contribution is 0.257. The molecule has 14 heavy (non-hydrogen) atoms. The van der Waals surface area contributed by atoms with Gasteiger partial charge in [-0.15, -0.1) is 0 Å². The Bertz CT molecular complexity index is 141. The summed E-state index contributed by atoms with van der Waals surface area (Å²) in [6, 6.07) is 0.697. The Hall–Kier alpha value is -0.0800. The smallest absolute Gasteiger partial charge is 0.0107 e. The van der Waals surface area contributed by atoms with Crippen LogP contribution in [-0.4, -0.2) is 19.1 Å². The van der Waals surface area contributed by atoms with Crippen LogP contribution in [0, 0.1) is 11.8 Å². The summed E-state index contributed by atoms with van der Waals surface area (Å²) in [5, 5.41) is 3.62. The second-order valence-electron chi connectivity index (χ2n) is 4.80. The highest BCUT2D eigenvalue weighted by molar-refractivity contribution is 4.81. The molecule has 0 saturated carbocycles. The van der Waals surface area contributed by atoms with Gasteiger partial charge in [0.1, 0.15) is 0 Å². The van der Waals surface area contributed by atoms with Crippen molar-refractivity contribution in [3.05, 3.63) is 0 Å². The van der Waals surface area contributed by atoms with Gasteiger partial charge in [0, 0.05) is 6.04 Å². The standard InChI is InChI=1S/C12H26N2/c1-3-10(2)8-11(9-13)12-6-4-5-7-14-12/h10-12,14H,3-9,13H2,1-2H3/t10-,11-,12-/m0/s1. The Kier molecular flexibility index (Phi) is 5.49. The Labute approximate surface area is 88.6 Å². The maximum Gasteiger partial charge on any atom is 0.0107 e. The molecule has 1 fully saturated rings. The van der Waals surface area contributed by atoms with Gasteiger partial charge in [-0.2, -0.15) is 0 Å². The number of piperidine rings is 1. The van der Waals surface area contributed by atoms with E-state index < -0.39 is 0 Å². The highest BCUT2D eigenvalue weighted by Crippen LogP contribution is 2.22. The molecule has 0 bridgehead atoms. The van der Waals surface area contributed by atoms with Crippen LogP contribution in [0.25, 0.3) is 0 Å². The molecule has 0 amide bonds. The van der Waals surface area contributed by atoms with Gasteiger partial charge in [-0.3, -0.25) is 0 Å². The third-order valence-electron chi connectivity index (χ3n) is 3.62. The second kappa shape index (κ2) is 6.41. The van der Waals surface area contributed by atoms with Crippen LogP contribution in [0.5, 0.6) is 0 Å². The van der Waals surface area contributed by atoms with Gasteiger partial charge < -0.3 is 11.1 Å². The third kappa shape index (κ3) is 3.58. The van der Waals surface area contributed by atoms with Crippen molar-refractivity contribution in [3.8, 4) is 0 Å². The first-order valence-corrected chi connectivity index (χ1v) is 6.21. The minimum absolute atomic E-state index is 0.697. The van der Waals surface area contributed by atoms with E-state index in [2.05, 4.69) is 19.2 Å². The molecular formula is C12H26N2. The molecule has 1 saturated heterocycles. The Balaban J connectivity index is 2.35. The number of hydrogen-bond donors (Lipinski definition) is 2. The van der Waals surface area contributed by atoms with Gasteiger partial charge in [0.05, 0.1) is 0 Å². The summed E-state index contributed by atoms with van der Waals surface area (Å²) in [5.74, 6) is 1.53. The lowest BCUT2D eigenvalue weighted by Gasteiger charge is -2.32. The monoisotopic (exact) mass is 198 g/mol. The van der Waals surface area contributed by atoms with E-state index in [4.69, 9.17) is 5.73 Å². The van der Waals surface area contributed by atoms with Gasteiger partial charge in [-0.25, -0.2) is 0 Å². The van der Waals surface area contributed by atoms with Crippen molar-refractivity contribution in [2.75, 3.05) is 13.1 Å². The van der Waals surface area contributed by atoms with E-state index in [1.807, 2.05) is 0 Å². The molecule has 1 aliphatic heterocycles. The zero-order valence-electron chi connectivity index (χ0n) is 9.76. The van der Waals surface area contributed by atoms with Crippen LogP contribution in [0.4, 0.5) is 0 Å². The quantitative estimate of drug-likeness (QED) is 0.710. The van der Waals surface area contributed by atoms with Crippen molar-refractivity contribution in [1.82, 2.24) is 5.32 Å². The first-order chi connectivity index (χ1) is 6.77. The Morgan fingerprint density at radius 2 is 2.21 bits per heavy atom. The maximum absolute atomic E-state index is 5.87. The fraction of sp³-hybridized carbons (Fsp3) is 1.00. The molecule has 2 heteroatoms. The summed E-state index contributed by atoms with van der Waals surface area (Å²) in [4.78, 5) is 0. The van der Waals surface area contributed by atoms with Crippen molar-refractivity contribution in [2.24, 2.45) is 17.6 Å². The topological polar surface area (TPSA) is 38.0 Å². The van der Waals surface area contributed by atoms with Crippen LogP contribution in [-0.2, 0) is 0 Å². The summed E-state index contributed by atoms with van der Waals surface area (Å²) >= 11 is 0. The summed E-state index contributed by atoms with van der Waals surface area (Å²) in [7, 11) is 0. The van der Waals surface area contributed by atoms with Gasteiger partial charge in [0.2, 0.25) is 0 Å². The van der Waals surface area contributed by atoms with E-state index in [0.717, 1.165) is 12.5 Å². The highest BCUT2D eigenvalue weighted by atomic mass is 14.9. The number of nitrogens with one attached hydrogen (secondary N) is 1. The molecule has 1 rings (SSSR count). The normalized spacial score (nSPS) is 27.2. The zero-order valence-corrected chi connectivity index (χ0v) is 9.76. The first-order valence-electron chi connectivity index (χ1n) is 6.21. The molecule has 0 spiro atoms. The lowest BCUT2D eigenvalue weighted by Crippen LogP contribution is -2.43. The van der Waals surface area contributed by atoms with Crippen LogP contribution < -0.4 is 11.1 Å². The predicted molar refractivity (Wildman–Crippen MR) is 62.3 cm³/mol. The minimum Gasteiger partial charge on any atom is -0.330 e. The van der Waals surface area contributed by atoms with Gasteiger partial charge in [0.25, 0.3) is 0 Å². The molecular weight excluding hydrogens is 172 g/mol. The summed E-state index contributed by atoms with van der Waals surface area (Å²) in [5.41, 5.74) is 5.87. The maximum atomic E-state index is 5.87. The Morgan fingerprint density at radius 1 is 1.43 bits per heavy atom. The van der Waals surface area contributed by atoms with E-state index in [9.17, 15) is 0 Å². The van der Waals surface area contributed by atoms with Crippen molar-refractivity contribution in [3.63, 3.8) is 0 Å². The van der Waals surface area contributed by atoms with Crippen LogP contribution >= 0.6 is 0 Å². The van der Waals surface area contributed by atoms with E-state index in [1.165, 1.54) is 38.6 Å². The van der Waals surface area contributed by atoms with Gasteiger partial charge in [-0.05, 0) is 44.2 Å². The number of rotatable bonds is 5. The van der Waals surface area contributed by atoms with Crippen molar-refractivity contribution in [2.45, 2.75) is 52.0 Å². The fourth-order valence-corrected chi connectivity index (χ4v) is 2.39. The fourth-order valence-electron chi connectivity index (χ4n) is 2.39. The second-order valence-corrected chi connectivity index (χ2v) is 4.80. The van der Waals surface area contributed by atoms with Gasteiger partial charge >= 0.3 is 0 Å². The van der Waals surface area contributed by atoms with Crippen molar-refractivity contribution < 1.29 is 0 Å². The SMILES string of the molecule is CC[C@H](C)C[C@@H](CN)[C@@H]1CCCCN1. The summed E-state index contributed by atoms with van der Waals surface area (Å²) in [6.45, 7) is 6.65. The third-order valence-corrected chi connectivity index (χ3v) is 3.62. The van der Waals surface area contributed by atoms with E-state index >= 15 is 0 Å². The van der Waals surface area contributed by atoms with Crippen molar-refractivity contribution >= 4 is 0 Å². The molecule has 0 radical (unpaired) electrons. The Morgan fingerprint density at radius 3 is 2.71 bits per heavy atom. The average Bonchev–Trinajstić information content (AvgIpc) is 2.26. The van der Waals surface area contributed by atoms with E-state index in [-0.39, 0.29) is 0 Å². The summed E-state index contributed by atoms with van der Waals surface area (Å²) in [6.07, 6.45) is 6.64. The molecule has 0 unspecified atom stereocenters. The van der Waals surface area contributed by atoms with Gasteiger partial charge in [-0.1, -0.05) is 26.7 Å². The zero-order chi connectivity index (χ0) is 10.4. The van der Waals surface area contributed by atoms with Crippen LogP contribution in [0.1, 0.15) is 46.0 Å². The molecule has 2 nitrogen and oxygen atoms in total.